The van der Waals surface area contributed by atoms with E-state index >= 15 is 0 Å². The summed E-state index contributed by atoms with van der Waals surface area (Å²) >= 11 is 0. The first-order chi connectivity index (χ1) is 12.8. The Balaban J connectivity index is 2.67. The third-order valence-electron chi connectivity index (χ3n) is 5.44. The fourth-order valence-electron chi connectivity index (χ4n) is 3.70. The quantitative estimate of drug-likeness (QED) is 0.334. The van der Waals surface area contributed by atoms with E-state index in [-0.39, 0.29) is 37.0 Å². The molecule has 0 saturated heterocycles. The van der Waals surface area contributed by atoms with Crippen LogP contribution >= 0.6 is 0 Å². The standard InChI is InChI=1S/C19H36N4O4/c1-3-16(25)15(11-21)22-19(27)18(12(2)24)23-17(26)9-14(10-20)13-7-5-4-6-8-13/h12-15,18,24H,3-11,20-21H2,1-2H3,(H,22,27)(H,23,26)/t12-,14?,15-,18-/m0/s1. The zero-order chi connectivity index (χ0) is 20.4. The molecule has 2 amide bonds. The van der Waals surface area contributed by atoms with E-state index in [1.807, 2.05) is 0 Å². The molecule has 1 saturated carbocycles. The van der Waals surface area contributed by atoms with E-state index in [9.17, 15) is 19.5 Å². The highest BCUT2D eigenvalue weighted by atomic mass is 16.3. The molecular weight excluding hydrogens is 348 g/mol. The van der Waals surface area contributed by atoms with Crippen LogP contribution in [-0.2, 0) is 14.4 Å². The first-order valence-electron chi connectivity index (χ1n) is 10.0. The second-order valence-electron chi connectivity index (χ2n) is 7.50. The fourth-order valence-corrected chi connectivity index (χ4v) is 3.70. The zero-order valence-electron chi connectivity index (χ0n) is 16.6. The van der Waals surface area contributed by atoms with Gasteiger partial charge >= 0.3 is 0 Å². The SMILES string of the molecule is CCC(=O)[C@H](CN)NC(=O)[C@@H](NC(=O)CC(CN)C1CCCCC1)[C@H](C)O. The average Bonchev–Trinajstić information content (AvgIpc) is 2.67. The van der Waals surface area contributed by atoms with Gasteiger partial charge in [0.2, 0.25) is 11.8 Å². The summed E-state index contributed by atoms with van der Waals surface area (Å²) in [5.74, 6) is -0.624. The summed E-state index contributed by atoms with van der Waals surface area (Å²) in [6.07, 6.45) is 5.07. The van der Waals surface area contributed by atoms with Crippen molar-refractivity contribution in [3.63, 3.8) is 0 Å². The van der Waals surface area contributed by atoms with Crippen molar-refractivity contribution in [1.82, 2.24) is 10.6 Å². The van der Waals surface area contributed by atoms with Crippen molar-refractivity contribution >= 4 is 17.6 Å². The lowest BCUT2D eigenvalue weighted by atomic mass is 9.78. The van der Waals surface area contributed by atoms with Crippen molar-refractivity contribution < 1.29 is 19.5 Å². The topological polar surface area (TPSA) is 148 Å². The van der Waals surface area contributed by atoms with Crippen molar-refractivity contribution in [1.29, 1.82) is 0 Å². The van der Waals surface area contributed by atoms with Crippen LogP contribution in [0.3, 0.4) is 0 Å². The van der Waals surface area contributed by atoms with Gasteiger partial charge in [-0.3, -0.25) is 14.4 Å². The number of nitrogens with two attached hydrogens (primary N) is 2. The van der Waals surface area contributed by atoms with Crippen LogP contribution in [0.15, 0.2) is 0 Å². The minimum Gasteiger partial charge on any atom is -0.391 e. The van der Waals surface area contributed by atoms with Crippen molar-refractivity contribution in [3.8, 4) is 0 Å². The average molecular weight is 385 g/mol. The van der Waals surface area contributed by atoms with Crippen molar-refractivity contribution in [2.75, 3.05) is 13.1 Å². The Morgan fingerprint density at radius 3 is 2.19 bits per heavy atom. The first-order valence-corrected chi connectivity index (χ1v) is 10.0. The van der Waals surface area contributed by atoms with Crippen LogP contribution in [0, 0.1) is 11.8 Å². The molecule has 1 fully saturated rings. The summed E-state index contributed by atoms with van der Waals surface area (Å²) < 4.78 is 0. The zero-order valence-corrected chi connectivity index (χ0v) is 16.6. The number of aliphatic hydroxyl groups excluding tert-OH is 1. The van der Waals surface area contributed by atoms with E-state index in [0.717, 1.165) is 25.7 Å². The number of carbonyl (C=O) groups is 3. The number of hydrogen-bond donors (Lipinski definition) is 5. The van der Waals surface area contributed by atoms with Gasteiger partial charge in [-0.15, -0.1) is 0 Å². The highest BCUT2D eigenvalue weighted by Crippen LogP contribution is 2.31. The van der Waals surface area contributed by atoms with Gasteiger partial charge in [-0.05, 0) is 25.3 Å². The van der Waals surface area contributed by atoms with Gasteiger partial charge in [-0.1, -0.05) is 39.0 Å². The van der Waals surface area contributed by atoms with Gasteiger partial charge in [-0.2, -0.15) is 0 Å². The van der Waals surface area contributed by atoms with E-state index in [0.29, 0.717) is 12.5 Å². The minimum absolute atomic E-state index is 0.0319. The van der Waals surface area contributed by atoms with Crippen LogP contribution < -0.4 is 22.1 Å². The lowest BCUT2D eigenvalue weighted by molar-refractivity contribution is -0.134. The van der Waals surface area contributed by atoms with Gasteiger partial charge in [0.1, 0.15) is 6.04 Å². The molecule has 0 radical (unpaired) electrons. The Hall–Kier alpha value is -1.51. The van der Waals surface area contributed by atoms with E-state index in [1.54, 1.807) is 6.92 Å². The number of hydrogen-bond acceptors (Lipinski definition) is 6. The van der Waals surface area contributed by atoms with Crippen LogP contribution in [0.2, 0.25) is 0 Å². The second kappa shape index (κ2) is 12.0. The number of ketones is 1. The minimum atomic E-state index is -1.14. The Morgan fingerprint density at radius 2 is 1.70 bits per heavy atom. The molecule has 27 heavy (non-hydrogen) atoms. The van der Waals surface area contributed by atoms with E-state index < -0.39 is 24.1 Å². The van der Waals surface area contributed by atoms with Gasteiger partial charge < -0.3 is 27.2 Å². The molecule has 0 aromatic carbocycles. The lowest BCUT2D eigenvalue weighted by Gasteiger charge is -2.30. The number of nitrogens with one attached hydrogen (secondary N) is 2. The third-order valence-corrected chi connectivity index (χ3v) is 5.44. The van der Waals surface area contributed by atoms with E-state index in [2.05, 4.69) is 10.6 Å². The molecule has 0 bridgehead atoms. The first kappa shape index (κ1) is 23.5. The molecule has 1 rings (SSSR count). The molecule has 4 atom stereocenters. The molecule has 0 aliphatic heterocycles. The van der Waals surface area contributed by atoms with Crippen molar-refractivity contribution in [2.45, 2.75) is 77.0 Å². The number of rotatable bonds is 11. The molecule has 0 spiro atoms. The Bertz CT molecular complexity index is 492. The summed E-state index contributed by atoms with van der Waals surface area (Å²) in [4.78, 5) is 36.7. The van der Waals surface area contributed by atoms with E-state index in [1.165, 1.54) is 13.3 Å². The summed E-state index contributed by atoms with van der Waals surface area (Å²) in [5.41, 5.74) is 11.4. The highest BCUT2D eigenvalue weighted by Gasteiger charge is 2.30. The number of aliphatic hydroxyl groups is 1. The predicted octanol–water partition coefficient (Wildman–Crippen LogP) is -0.180. The summed E-state index contributed by atoms with van der Waals surface area (Å²) in [6, 6.07) is -1.96. The maximum atomic E-state index is 12.5. The number of carbonyl (C=O) groups excluding carboxylic acids is 3. The monoisotopic (exact) mass is 384 g/mol. The highest BCUT2D eigenvalue weighted by molar-refractivity contribution is 5.93. The maximum absolute atomic E-state index is 12.5. The van der Waals surface area contributed by atoms with Gasteiger partial charge in [0.25, 0.3) is 0 Å². The van der Waals surface area contributed by atoms with Gasteiger partial charge in [0.15, 0.2) is 5.78 Å². The maximum Gasteiger partial charge on any atom is 0.245 e. The molecule has 8 heteroatoms. The van der Waals surface area contributed by atoms with Crippen molar-refractivity contribution in [2.24, 2.45) is 23.3 Å². The molecule has 0 aromatic rings. The molecule has 8 nitrogen and oxygen atoms in total. The van der Waals surface area contributed by atoms with E-state index in [4.69, 9.17) is 11.5 Å². The Kier molecular flexibility index (Phi) is 10.5. The normalized spacial score (nSPS) is 19.6. The van der Waals surface area contributed by atoms with Crippen LogP contribution in [0.1, 0.15) is 58.8 Å². The summed E-state index contributed by atoms with van der Waals surface area (Å²) in [5, 5.41) is 15.1. The van der Waals surface area contributed by atoms with Crippen LogP contribution in [-0.4, -0.2) is 54.0 Å². The Morgan fingerprint density at radius 1 is 1.07 bits per heavy atom. The third kappa shape index (κ3) is 7.56. The van der Waals surface area contributed by atoms with Crippen LogP contribution in [0.5, 0.6) is 0 Å². The molecule has 1 unspecified atom stereocenters. The second-order valence-corrected chi connectivity index (χ2v) is 7.50. The molecule has 156 valence electrons. The molecule has 0 heterocycles. The molecular formula is C19H36N4O4. The molecule has 1 aliphatic rings. The van der Waals surface area contributed by atoms with Crippen LogP contribution in [0.25, 0.3) is 0 Å². The lowest BCUT2D eigenvalue weighted by Crippen LogP contribution is -2.57. The smallest absolute Gasteiger partial charge is 0.245 e. The number of amides is 2. The van der Waals surface area contributed by atoms with Gasteiger partial charge in [0.05, 0.1) is 12.1 Å². The number of Topliss-reactive ketones (excluding diaryl/α,β-unsaturated/α-hetero) is 1. The van der Waals surface area contributed by atoms with Crippen molar-refractivity contribution in [3.05, 3.63) is 0 Å². The molecule has 1 aliphatic carbocycles. The van der Waals surface area contributed by atoms with Gasteiger partial charge in [-0.25, -0.2) is 0 Å². The molecule has 0 aromatic heterocycles. The Labute approximate surface area is 161 Å². The summed E-state index contributed by atoms with van der Waals surface area (Å²) in [6.45, 7) is 3.49. The van der Waals surface area contributed by atoms with Gasteiger partial charge in [0, 0.05) is 19.4 Å². The molecule has 7 N–H and O–H groups in total. The largest absolute Gasteiger partial charge is 0.391 e. The summed E-state index contributed by atoms with van der Waals surface area (Å²) in [7, 11) is 0. The predicted molar refractivity (Wildman–Crippen MR) is 104 cm³/mol. The van der Waals surface area contributed by atoms with Crippen LogP contribution in [0.4, 0.5) is 0 Å². The fraction of sp³-hybridized carbons (Fsp3) is 0.842.